The van der Waals surface area contributed by atoms with Gasteiger partial charge in [0, 0.05) is 32.7 Å². The smallest absolute Gasteiger partial charge is 0.328 e. The number of benzene rings is 1. The molecule has 1 aromatic carbocycles. The van der Waals surface area contributed by atoms with Crippen LogP contribution in [-0.2, 0) is 16.1 Å². The molecule has 1 aliphatic rings. The third-order valence-corrected chi connectivity index (χ3v) is 4.64. The molecule has 1 unspecified atom stereocenters. The van der Waals surface area contributed by atoms with Crippen molar-refractivity contribution in [1.29, 1.82) is 0 Å². The summed E-state index contributed by atoms with van der Waals surface area (Å²) in [6.45, 7) is 4.14. The van der Waals surface area contributed by atoms with Crippen LogP contribution in [0.5, 0.6) is 0 Å². The van der Waals surface area contributed by atoms with Crippen molar-refractivity contribution in [2.75, 3.05) is 19.7 Å². The third-order valence-electron chi connectivity index (χ3n) is 4.64. The Morgan fingerprint density at radius 1 is 1.36 bits per heavy atom. The molecule has 1 amide bonds. The van der Waals surface area contributed by atoms with Crippen LogP contribution >= 0.6 is 0 Å². The minimum absolute atomic E-state index is 0.0137. The molecule has 7 nitrogen and oxygen atoms in total. The number of nitrogens with one attached hydrogen (secondary N) is 1. The highest BCUT2D eigenvalue weighted by Crippen LogP contribution is 2.14. The fourth-order valence-corrected chi connectivity index (χ4v) is 3.27. The third kappa shape index (κ3) is 3.82. The maximum atomic E-state index is 12.5. The maximum absolute atomic E-state index is 12.5. The first kappa shape index (κ1) is 17.4. The summed E-state index contributed by atoms with van der Waals surface area (Å²) < 4.78 is 7.05. The topological polar surface area (TPSA) is 84.4 Å². The molecule has 7 heteroatoms. The summed E-state index contributed by atoms with van der Waals surface area (Å²) in [5.41, 5.74) is -0.346. The average molecular weight is 345 g/mol. The molecule has 1 N–H and O–H groups in total. The Balaban J connectivity index is 1.74. The van der Waals surface area contributed by atoms with Gasteiger partial charge in [0.25, 0.3) is 5.56 Å². The summed E-state index contributed by atoms with van der Waals surface area (Å²) in [6, 6.07) is 6.91. The summed E-state index contributed by atoms with van der Waals surface area (Å²) in [4.78, 5) is 40.6. The Labute approximate surface area is 145 Å². The molecule has 2 aromatic rings. The number of rotatable bonds is 6. The van der Waals surface area contributed by atoms with Gasteiger partial charge < -0.3 is 9.64 Å². The molecule has 2 heterocycles. The second kappa shape index (κ2) is 7.65. The highest BCUT2D eigenvalue weighted by Gasteiger charge is 2.21. The van der Waals surface area contributed by atoms with Crippen LogP contribution in [0.3, 0.4) is 0 Å². The molecule has 0 aliphatic carbocycles. The van der Waals surface area contributed by atoms with Crippen LogP contribution in [0.25, 0.3) is 10.9 Å². The number of aromatic amines is 1. The van der Waals surface area contributed by atoms with Gasteiger partial charge in [-0.15, -0.1) is 0 Å². The summed E-state index contributed by atoms with van der Waals surface area (Å²) >= 11 is 0. The number of H-pyrrole nitrogens is 1. The predicted octanol–water partition coefficient (Wildman–Crippen LogP) is 1.11. The monoisotopic (exact) mass is 345 g/mol. The van der Waals surface area contributed by atoms with E-state index >= 15 is 0 Å². The van der Waals surface area contributed by atoms with E-state index in [2.05, 4.69) is 4.98 Å². The fraction of sp³-hybridized carbons (Fsp3) is 0.500. The van der Waals surface area contributed by atoms with Crippen LogP contribution in [0.4, 0.5) is 0 Å². The minimum Gasteiger partial charge on any atom is -0.376 e. The van der Waals surface area contributed by atoms with Gasteiger partial charge in [0.2, 0.25) is 5.91 Å². The van der Waals surface area contributed by atoms with Crippen molar-refractivity contribution in [3.63, 3.8) is 0 Å². The van der Waals surface area contributed by atoms with E-state index in [1.165, 1.54) is 4.57 Å². The SMILES string of the molecule is CCN(CC1CCCO1)C(=O)CCn1c(=O)[nH]c(=O)c2ccccc21. The zero-order chi connectivity index (χ0) is 17.8. The predicted molar refractivity (Wildman–Crippen MR) is 94.7 cm³/mol. The molecule has 0 radical (unpaired) electrons. The normalized spacial score (nSPS) is 17.1. The Bertz CT molecular complexity index is 864. The van der Waals surface area contributed by atoms with Crippen molar-refractivity contribution in [2.45, 2.75) is 38.8 Å². The van der Waals surface area contributed by atoms with Gasteiger partial charge >= 0.3 is 5.69 Å². The van der Waals surface area contributed by atoms with Gasteiger partial charge in [0.05, 0.1) is 17.0 Å². The highest BCUT2D eigenvalue weighted by atomic mass is 16.5. The zero-order valence-electron chi connectivity index (χ0n) is 14.4. The molecule has 1 atom stereocenters. The van der Waals surface area contributed by atoms with Gasteiger partial charge in [-0.05, 0) is 31.9 Å². The summed E-state index contributed by atoms with van der Waals surface area (Å²) in [6.07, 6.45) is 2.33. The second-order valence-corrected chi connectivity index (χ2v) is 6.25. The molecule has 0 bridgehead atoms. The molecule has 3 rings (SSSR count). The molecule has 0 saturated carbocycles. The zero-order valence-corrected chi connectivity index (χ0v) is 14.4. The Hall–Kier alpha value is -2.41. The van der Waals surface area contributed by atoms with Crippen LogP contribution in [0.2, 0.25) is 0 Å². The molecule has 1 aliphatic heterocycles. The van der Waals surface area contributed by atoms with E-state index in [1.807, 2.05) is 6.92 Å². The number of para-hydroxylation sites is 1. The first-order valence-corrected chi connectivity index (χ1v) is 8.71. The Morgan fingerprint density at radius 2 is 2.16 bits per heavy atom. The number of aryl methyl sites for hydroxylation is 1. The number of ether oxygens (including phenoxy) is 1. The van der Waals surface area contributed by atoms with Gasteiger partial charge in [-0.3, -0.25) is 19.1 Å². The number of amides is 1. The van der Waals surface area contributed by atoms with Gasteiger partial charge in [0.15, 0.2) is 0 Å². The molecular formula is C18H23N3O4. The lowest BCUT2D eigenvalue weighted by molar-refractivity contribution is -0.132. The molecule has 134 valence electrons. The fourth-order valence-electron chi connectivity index (χ4n) is 3.27. The van der Waals surface area contributed by atoms with Crippen molar-refractivity contribution >= 4 is 16.8 Å². The van der Waals surface area contributed by atoms with E-state index in [1.54, 1.807) is 29.2 Å². The highest BCUT2D eigenvalue weighted by molar-refractivity contribution is 5.79. The summed E-state index contributed by atoms with van der Waals surface area (Å²) in [5.74, 6) is -0.0137. The molecule has 25 heavy (non-hydrogen) atoms. The Kier molecular flexibility index (Phi) is 5.33. The lowest BCUT2D eigenvalue weighted by Crippen LogP contribution is -2.38. The molecule has 0 spiro atoms. The van der Waals surface area contributed by atoms with E-state index in [9.17, 15) is 14.4 Å². The van der Waals surface area contributed by atoms with E-state index in [-0.39, 0.29) is 25.0 Å². The van der Waals surface area contributed by atoms with Crippen molar-refractivity contribution in [2.24, 2.45) is 0 Å². The van der Waals surface area contributed by atoms with E-state index in [0.717, 1.165) is 19.4 Å². The molecule has 1 saturated heterocycles. The minimum atomic E-state index is -0.487. The molecule has 1 aromatic heterocycles. The summed E-state index contributed by atoms with van der Waals surface area (Å²) in [7, 11) is 0. The lowest BCUT2D eigenvalue weighted by Gasteiger charge is -2.24. The van der Waals surface area contributed by atoms with E-state index in [0.29, 0.717) is 24.0 Å². The second-order valence-electron chi connectivity index (χ2n) is 6.25. The van der Waals surface area contributed by atoms with Crippen molar-refractivity contribution in [3.05, 3.63) is 45.1 Å². The first-order chi connectivity index (χ1) is 12.1. The maximum Gasteiger partial charge on any atom is 0.328 e. The van der Waals surface area contributed by atoms with Crippen LogP contribution in [0.15, 0.2) is 33.9 Å². The first-order valence-electron chi connectivity index (χ1n) is 8.71. The summed E-state index contributed by atoms with van der Waals surface area (Å²) in [5, 5.41) is 0.446. The number of aromatic nitrogens is 2. The van der Waals surface area contributed by atoms with Crippen molar-refractivity contribution < 1.29 is 9.53 Å². The number of carbonyl (C=O) groups excluding carboxylic acids is 1. The van der Waals surface area contributed by atoms with Gasteiger partial charge in [-0.1, -0.05) is 12.1 Å². The van der Waals surface area contributed by atoms with Crippen LogP contribution in [0.1, 0.15) is 26.2 Å². The van der Waals surface area contributed by atoms with Crippen LogP contribution in [0, 0.1) is 0 Å². The standard InChI is InChI=1S/C18H23N3O4/c1-2-20(12-13-6-5-11-25-13)16(22)9-10-21-15-8-4-3-7-14(15)17(23)19-18(21)24/h3-4,7-8,13H,2,5-6,9-12H2,1H3,(H,19,23,24). The number of nitrogens with zero attached hydrogens (tertiary/aromatic N) is 2. The number of likely N-dealkylation sites (N-methyl/N-ethyl adjacent to an activating group) is 1. The van der Waals surface area contributed by atoms with Crippen molar-refractivity contribution in [1.82, 2.24) is 14.5 Å². The quantitative estimate of drug-likeness (QED) is 0.850. The molecule has 1 fully saturated rings. The number of carbonyl (C=O) groups is 1. The Morgan fingerprint density at radius 3 is 2.88 bits per heavy atom. The molecular weight excluding hydrogens is 322 g/mol. The number of fused-ring (bicyclic) bond motifs is 1. The number of hydrogen-bond donors (Lipinski definition) is 1. The largest absolute Gasteiger partial charge is 0.376 e. The van der Waals surface area contributed by atoms with Crippen molar-refractivity contribution in [3.8, 4) is 0 Å². The van der Waals surface area contributed by atoms with Crippen LogP contribution in [-0.4, -0.2) is 46.2 Å². The lowest BCUT2D eigenvalue weighted by atomic mass is 10.2. The van der Waals surface area contributed by atoms with Crippen LogP contribution < -0.4 is 11.2 Å². The van der Waals surface area contributed by atoms with E-state index in [4.69, 9.17) is 4.74 Å². The average Bonchev–Trinajstić information content (AvgIpc) is 3.12. The van der Waals surface area contributed by atoms with Gasteiger partial charge in [-0.25, -0.2) is 4.79 Å². The van der Waals surface area contributed by atoms with E-state index < -0.39 is 11.2 Å². The number of hydrogen-bond acceptors (Lipinski definition) is 4. The van der Waals surface area contributed by atoms with Gasteiger partial charge in [-0.2, -0.15) is 0 Å². The van der Waals surface area contributed by atoms with Gasteiger partial charge in [0.1, 0.15) is 0 Å².